The van der Waals surface area contributed by atoms with E-state index in [4.69, 9.17) is 5.11 Å². The van der Waals surface area contributed by atoms with Crippen molar-refractivity contribution >= 4 is 32.7 Å². The second-order valence-corrected chi connectivity index (χ2v) is 10.3. The van der Waals surface area contributed by atoms with E-state index in [0.717, 1.165) is 54.1 Å². The van der Waals surface area contributed by atoms with Crippen LogP contribution in [0, 0.1) is 12.8 Å². The lowest BCUT2D eigenvalue weighted by atomic mass is 9.99. The molecule has 1 aromatic heterocycles. The molecule has 1 aliphatic rings. The first kappa shape index (κ1) is 24.5. The van der Waals surface area contributed by atoms with Crippen LogP contribution in [-0.4, -0.2) is 46.6 Å². The van der Waals surface area contributed by atoms with Gasteiger partial charge in [0.05, 0.1) is 22.2 Å². The minimum atomic E-state index is -4.37. The van der Waals surface area contributed by atoms with Gasteiger partial charge in [-0.2, -0.15) is 13.2 Å². The molecular formula is C25H28F3N3O2S. The van der Waals surface area contributed by atoms with Gasteiger partial charge in [0.15, 0.2) is 5.13 Å². The zero-order valence-electron chi connectivity index (χ0n) is 19.4. The van der Waals surface area contributed by atoms with Crippen LogP contribution in [0.1, 0.15) is 36.1 Å². The van der Waals surface area contributed by atoms with Gasteiger partial charge >= 0.3 is 12.1 Å². The summed E-state index contributed by atoms with van der Waals surface area (Å²) >= 11 is 1.31. The van der Waals surface area contributed by atoms with Crippen LogP contribution in [0.25, 0.3) is 10.2 Å². The number of hydrogen-bond donors (Lipinski definition) is 1. The lowest BCUT2D eigenvalue weighted by Crippen LogP contribution is -2.55. The average Bonchev–Trinajstić information content (AvgIpc) is 3.15. The SMILES string of the molecule is Cc1cc(CC(=O)O)cc(CN2CCN(c3nc4ccc(C(F)(F)F)cc4s3)[C@@H](C(C)C)C2)c1. The molecule has 1 fully saturated rings. The van der Waals surface area contributed by atoms with E-state index >= 15 is 0 Å². The highest BCUT2D eigenvalue weighted by Crippen LogP contribution is 2.37. The molecule has 2 aromatic carbocycles. The first-order valence-corrected chi connectivity index (χ1v) is 12.1. The minimum Gasteiger partial charge on any atom is -0.481 e. The molecule has 1 aliphatic heterocycles. The number of aliphatic carboxylic acids is 1. The van der Waals surface area contributed by atoms with Crippen molar-refractivity contribution in [3.63, 3.8) is 0 Å². The third-order valence-corrected chi connectivity index (χ3v) is 7.24. The van der Waals surface area contributed by atoms with Crippen LogP contribution < -0.4 is 4.90 Å². The van der Waals surface area contributed by atoms with E-state index in [-0.39, 0.29) is 12.5 Å². The van der Waals surface area contributed by atoms with Crippen molar-refractivity contribution in [2.75, 3.05) is 24.5 Å². The standard InChI is InChI=1S/C25H28F3N3O2S/c1-15(2)21-14-30(13-18-9-16(3)8-17(10-18)11-23(32)33)6-7-31(21)24-29-20-5-4-19(25(26,27)28)12-22(20)34-24/h4-5,8-10,12,15,21H,6-7,11,13-14H2,1-3H3,(H,32,33)/t21-/m1/s1. The molecule has 3 aromatic rings. The molecule has 182 valence electrons. The highest BCUT2D eigenvalue weighted by Gasteiger charge is 2.33. The van der Waals surface area contributed by atoms with Gasteiger partial charge in [0, 0.05) is 32.2 Å². The van der Waals surface area contributed by atoms with Gasteiger partial charge < -0.3 is 10.0 Å². The number of carboxylic acid groups (broad SMARTS) is 1. The lowest BCUT2D eigenvalue weighted by Gasteiger charge is -2.43. The number of aromatic nitrogens is 1. The summed E-state index contributed by atoms with van der Waals surface area (Å²) in [6, 6.07) is 9.85. The predicted molar refractivity (Wildman–Crippen MR) is 128 cm³/mol. The predicted octanol–water partition coefficient (Wildman–Crippen LogP) is 5.60. The maximum Gasteiger partial charge on any atom is 0.416 e. The molecule has 0 unspecified atom stereocenters. The normalized spacial score (nSPS) is 17.6. The average molecular weight is 492 g/mol. The Hall–Kier alpha value is -2.65. The van der Waals surface area contributed by atoms with Gasteiger partial charge in [-0.1, -0.05) is 48.9 Å². The van der Waals surface area contributed by atoms with E-state index in [1.54, 1.807) is 0 Å². The van der Waals surface area contributed by atoms with Crippen LogP contribution >= 0.6 is 11.3 Å². The van der Waals surface area contributed by atoms with E-state index < -0.39 is 17.7 Å². The molecule has 4 rings (SSSR count). The third kappa shape index (κ3) is 5.52. The molecule has 5 nitrogen and oxygen atoms in total. The highest BCUT2D eigenvalue weighted by molar-refractivity contribution is 7.22. The lowest BCUT2D eigenvalue weighted by molar-refractivity contribution is -0.138. The van der Waals surface area contributed by atoms with Crippen molar-refractivity contribution in [3.8, 4) is 0 Å². The zero-order valence-corrected chi connectivity index (χ0v) is 20.2. The molecule has 9 heteroatoms. The molecule has 34 heavy (non-hydrogen) atoms. The summed E-state index contributed by atoms with van der Waals surface area (Å²) < 4.78 is 39.9. The van der Waals surface area contributed by atoms with E-state index in [1.165, 1.54) is 23.5 Å². The summed E-state index contributed by atoms with van der Waals surface area (Å²) in [6.07, 6.45) is -4.37. The van der Waals surface area contributed by atoms with Gasteiger partial charge in [0.25, 0.3) is 0 Å². The fourth-order valence-corrected chi connectivity index (χ4v) is 5.70. The maximum absolute atomic E-state index is 13.1. The van der Waals surface area contributed by atoms with Gasteiger partial charge in [0.2, 0.25) is 0 Å². The van der Waals surface area contributed by atoms with Crippen LogP contribution in [0.3, 0.4) is 0 Å². The Bertz CT molecular complexity index is 1190. The second-order valence-electron chi connectivity index (χ2n) is 9.31. The third-order valence-electron chi connectivity index (χ3n) is 6.18. The second kappa shape index (κ2) is 9.54. The highest BCUT2D eigenvalue weighted by atomic mass is 32.1. The van der Waals surface area contributed by atoms with Gasteiger partial charge in [-0.25, -0.2) is 4.98 Å². The Labute approximate surface area is 200 Å². The summed E-state index contributed by atoms with van der Waals surface area (Å²) in [5.41, 5.74) is 2.87. The first-order valence-electron chi connectivity index (χ1n) is 11.3. The number of anilines is 1. The summed E-state index contributed by atoms with van der Waals surface area (Å²) in [7, 11) is 0. The van der Waals surface area contributed by atoms with E-state index in [0.29, 0.717) is 16.1 Å². The summed E-state index contributed by atoms with van der Waals surface area (Å²) in [6.45, 7) is 9.30. The molecule has 1 saturated heterocycles. The van der Waals surface area contributed by atoms with Crippen LogP contribution in [0.15, 0.2) is 36.4 Å². The topological polar surface area (TPSA) is 56.7 Å². The number of aryl methyl sites for hydroxylation is 1. The minimum absolute atomic E-state index is 0.00470. The Morgan fingerprint density at radius 1 is 1.18 bits per heavy atom. The Kier molecular flexibility index (Phi) is 6.87. The number of hydrogen-bond acceptors (Lipinski definition) is 5. The number of rotatable bonds is 6. The van der Waals surface area contributed by atoms with E-state index in [1.807, 2.05) is 19.1 Å². The van der Waals surface area contributed by atoms with Gasteiger partial charge in [-0.05, 0) is 42.2 Å². The van der Waals surface area contributed by atoms with Crippen LogP contribution in [0.4, 0.5) is 18.3 Å². The van der Waals surface area contributed by atoms with Crippen molar-refractivity contribution in [1.29, 1.82) is 0 Å². The maximum atomic E-state index is 13.1. The van der Waals surface area contributed by atoms with E-state index in [9.17, 15) is 18.0 Å². The fraction of sp³-hybridized carbons (Fsp3) is 0.440. The van der Waals surface area contributed by atoms with Crippen molar-refractivity contribution in [2.24, 2.45) is 5.92 Å². The number of carbonyl (C=O) groups is 1. The number of piperazine rings is 1. The molecule has 1 N–H and O–H groups in total. The van der Waals surface area contributed by atoms with Gasteiger partial charge in [-0.3, -0.25) is 9.69 Å². The molecule has 0 bridgehead atoms. The zero-order chi connectivity index (χ0) is 24.6. The molecule has 2 heterocycles. The number of nitrogens with zero attached hydrogens (tertiary/aromatic N) is 3. The number of benzene rings is 2. The number of fused-ring (bicyclic) bond motifs is 1. The van der Waals surface area contributed by atoms with Crippen molar-refractivity contribution in [1.82, 2.24) is 9.88 Å². The molecule has 1 atom stereocenters. The van der Waals surface area contributed by atoms with Crippen molar-refractivity contribution < 1.29 is 23.1 Å². The molecule has 0 saturated carbocycles. The van der Waals surface area contributed by atoms with Crippen LogP contribution in [0.2, 0.25) is 0 Å². The quantitative estimate of drug-likeness (QED) is 0.487. The Morgan fingerprint density at radius 2 is 1.91 bits per heavy atom. The molecular weight excluding hydrogens is 463 g/mol. The van der Waals surface area contributed by atoms with E-state index in [2.05, 4.69) is 34.7 Å². The largest absolute Gasteiger partial charge is 0.481 e. The summed E-state index contributed by atoms with van der Waals surface area (Å²) in [4.78, 5) is 20.4. The van der Waals surface area contributed by atoms with Crippen molar-refractivity contribution in [3.05, 3.63) is 58.7 Å². The van der Waals surface area contributed by atoms with Crippen molar-refractivity contribution in [2.45, 2.75) is 46.0 Å². The fourth-order valence-electron chi connectivity index (χ4n) is 4.61. The van der Waals surface area contributed by atoms with Gasteiger partial charge in [-0.15, -0.1) is 0 Å². The van der Waals surface area contributed by atoms with Gasteiger partial charge in [0.1, 0.15) is 0 Å². The van der Waals surface area contributed by atoms with Crippen LogP contribution in [-0.2, 0) is 23.9 Å². The Morgan fingerprint density at radius 3 is 2.59 bits per heavy atom. The molecule has 0 aliphatic carbocycles. The number of halogens is 3. The smallest absolute Gasteiger partial charge is 0.416 e. The Balaban J connectivity index is 1.53. The number of thiazole rings is 1. The first-order chi connectivity index (χ1) is 16.0. The summed E-state index contributed by atoms with van der Waals surface area (Å²) in [5.74, 6) is -0.524. The number of carboxylic acids is 1. The monoisotopic (exact) mass is 491 g/mol. The molecule has 0 amide bonds. The number of alkyl halides is 3. The summed E-state index contributed by atoms with van der Waals surface area (Å²) in [5, 5.41) is 9.89. The molecule has 0 spiro atoms. The molecule has 0 radical (unpaired) electrons. The van der Waals surface area contributed by atoms with Crippen LogP contribution in [0.5, 0.6) is 0 Å².